The first-order valence-corrected chi connectivity index (χ1v) is 5.63. The molecule has 0 saturated heterocycles. The van der Waals surface area contributed by atoms with Crippen LogP contribution < -0.4 is 5.32 Å². The van der Waals surface area contributed by atoms with Crippen LogP contribution in [0.5, 0.6) is 0 Å². The van der Waals surface area contributed by atoms with Gasteiger partial charge in [0.25, 0.3) is 0 Å². The summed E-state index contributed by atoms with van der Waals surface area (Å²) >= 11 is 0. The fraction of sp³-hybridized carbons (Fsp3) is 0.818. The first-order chi connectivity index (χ1) is 7.55. The Balaban J connectivity index is 2.75. The summed E-state index contributed by atoms with van der Waals surface area (Å²) in [5.74, 6) is 0. The average molecular weight is 226 g/mol. The molecule has 0 saturated carbocycles. The summed E-state index contributed by atoms with van der Waals surface area (Å²) in [5, 5.41) is 11.3. The summed E-state index contributed by atoms with van der Waals surface area (Å²) in [6, 6.07) is 0.235. The van der Waals surface area contributed by atoms with E-state index in [4.69, 9.17) is 4.74 Å². The van der Waals surface area contributed by atoms with Crippen LogP contribution in [-0.4, -0.2) is 40.8 Å². The van der Waals surface area contributed by atoms with E-state index in [1.165, 1.54) is 0 Å². The van der Waals surface area contributed by atoms with Crippen LogP contribution in [0.3, 0.4) is 0 Å². The zero-order chi connectivity index (χ0) is 12.2. The van der Waals surface area contributed by atoms with Crippen molar-refractivity contribution in [1.82, 2.24) is 20.3 Å². The van der Waals surface area contributed by atoms with Gasteiger partial charge in [-0.2, -0.15) is 0 Å². The Kier molecular flexibility index (Phi) is 4.44. The number of nitrogens with one attached hydrogen (secondary N) is 1. The second kappa shape index (κ2) is 5.41. The Morgan fingerprint density at radius 2 is 2.31 bits per heavy atom. The van der Waals surface area contributed by atoms with Crippen molar-refractivity contribution >= 4 is 0 Å². The number of likely N-dealkylation sites (N-methyl/N-ethyl adjacent to an activating group) is 1. The lowest BCUT2D eigenvalue weighted by Crippen LogP contribution is -2.49. The van der Waals surface area contributed by atoms with Crippen LogP contribution in [0.2, 0.25) is 0 Å². The fourth-order valence-electron chi connectivity index (χ4n) is 1.85. The van der Waals surface area contributed by atoms with E-state index in [1.807, 2.05) is 20.3 Å². The number of methoxy groups -OCH3 is 1. The lowest BCUT2D eigenvalue weighted by Gasteiger charge is -2.35. The van der Waals surface area contributed by atoms with E-state index < -0.39 is 0 Å². The molecule has 5 nitrogen and oxygen atoms in total. The summed E-state index contributed by atoms with van der Waals surface area (Å²) in [5.41, 5.74) is 0.810. The average Bonchev–Trinajstić information content (AvgIpc) is 2.70. The van der Waals surface area contributed by atoms with Crippen LogP contribution in [0.1, 0.15) is 26.0 Å². The second-order valence-corrected chi connectivity index (χ2v) is 4.30. The van der Waals surface area contributed by atoms with Crippen molar-refractivity contribution in [3.05, 3.63) is 11.9 Å². The van der Waals surface area contributed by atoms with Gasteiger partial charge in [-0.05, 0) is 20.4 Å². The van der Waals surface area contributed by atoms with E-state index in [9.17, 15) is 0 Å². The molecule has 92 valence electrons. The molecule has 5 heteroatoms. The Hall–Kier alpha value is -0.940. The maximum absolute atomic E-state index is 5.60. The first-order valence-electron chi connectivity index (χ1n) is 5.63. The highest BCUT2D eigenvalue weighted by Crippen LogP contribution is 2.21. The molecule has 0 aromatic carbocycles. The van der Waals surface area contributed by atoms with E-state index in [-0.39, 0.29) is 11.6 Å². The normalized spacial score (nSPS) is 17.1. The Bertz CT molecular complexity index is 320. The summed E-state index contributed by atoms with van der Waals surface area (Å²) in [7, 11) is 5.58. The molecule has 1 rings (SSSR count). The molecular formula is C11H22N4O. The zero-order valence-electron chi connectivity index (χ0n) is 10.8. The predicted octanol–water partition coefficient (Wildman–Crippen LogP) is 0.761. The molecule has 1 aromatic heterocycles. The van der Waals surface area contributed by atoms with Gasteiger partial charge in [0, 0.05) is 32.8 Å². The van der Waals surface area contributed by atoms with Gasteiger partial charge in [-0.25, -0.2) is 0 Å². The van der Waals surface area contributed by atoms with Gasteiger partial charge < -0.3 is 10.1 Å². The Morgan fingerprint density at radius 1 is 1.62 bits per heavy atom. The lowest BCUT2D eigenvalue weighted by molar-refractivity contribution is -0.0270. The van der Waals surface area contributed by atoms with Crippen molar-refractivity contribution in [2.45, 2.75) is 38.3 Å². The molecule has 2 atom stereocenters. The standard InChI is InChI=1S/C11H22N4O/c1-6-11(2,16-5)10(12-3)7-9-8-15(4)14-13-9/h8,10,12H,6-7H2,1-5H3. The van der Waals surface area contributed by atoms with E-state index in [0.29, 0.717) is 0 Å². The van der Waals surface area contributed by atoms with Crippen molar-refractivity contribution in [1.29, 1.82) is 0 Å². The third kappa shape index (κ3) is 2.80. The number of hydrogen-bond donors (Lipinski definition) is 1. The zero-order valence-corrected chi connectivity index (χ0v) is 10.8. The number of ether oxygens (including phenoxy) is 1. The van der Waals surface area contributed by atoms with Crippen LogP contribution in [0.15, 0.2) is 6.20 Å². The fourth-order valence-corrected chi connectivity index (χ4v) is 1.85. The second-order valence-electron chi connectivity index (χ2n) is 4.30. The van der Waals surface area contributed by atoms with Gasteiger partial charge in [-0.15, -0.1) is 5.10 Å². The molecule has 1 aromatic rings. The smallest absolute Gasteiger partial charge is 0.0843 e. The molecule has 0 spiro atoms. The molecule has 0 amide bonds. The van der Waals surface area contributed by atoms with Gasteiger partial charge in [0.15, 0.2) is 0 Å². The van der Waals surface area contributed by atoms with Crippen LogP contribution in [-0.2, 0) is 18.2 Å². The molecule has 1 N–H and O–H groups in total. The molecule has 0 radical (unpaired) electrons. The minimum atomic E-state index is -0.174. The Labute approximate surface area is 97.2 Å². The molecule has 0 bridgehead atoms. The van der Waals surface area contributed by atoms with Crippen LogP contribution in [0.4, 0.5) is 0 Å². The Morgan fingerprint density at radius 3 is 2.69 bits per heavy atom. The van der Waals surface area contributed by atoms with Gasteiger partial charge in [0.2, 0.25) is 0 Å². The minimum Gasteiger partial charge on any atom is -0.377 e. The van der Waals surface area contributed by atoms with Crippen molar-refractivity contribution in [2.75, 3.05) is 14.2 Å². The van der Waals surface area contributed by atoms with Gasteiger partial charge in [-0.3, -0.25) is 4.68 Å². The number of rotatable bonds is 6. The van der Waals surface area contributed by atoms with Crippen molar-refractivity contribution in [3.8, 4) is 0 Å². The van der Waals surface area contributed by atoms with Crippen LogP contribution in [0, 0.1) is 0 Å². The maximum atomic E-state index is 5.60. The van der Waals surface area contributed by atoms with Gasteiger partial charge >= 0.3 is 0 Å². The third-order valence-corrected chi connectivity index (χ3v) is 3.32. The third-order valence-electron chi connectivity index (χ3n) is 3.32. The monoisotopic (exact) mass is 226 g/mol. The SMILES string of the molecule is CCC(C)(OC)C(Cc1cn(C)nn1)NC. The highest BCUT2D eigenvalue weighted by molar-refractivity contribution is 5.01. The van der Waals surface area contributed by atoms with Crippen LogP contribution in [0.25, 0.3) is 0 Å². The molecule has 0 fully saturated rings. The molecule has 0 aliphatic rings. The van der Waals surface area contributed by atoms with Gasteiger partial charge in [-0.1, -0.05) is 12.1 Å². The first kappa shape index (κ1) is 13.1. The van der Waals surface area contributed by atoms with Gasteiger partial charge in [0.1, 0.15) is 0 Å². The summed E-state index contributed by atoms with van der Waals surface area (Å²) in [6.07, 6.45) is 3.72. The molecule has 0 aliphatic carbocycles. The van der Waals surface area contributed by atoms with E-state index in [1.54, 1.807) is 11.8 Å². The molecule has 1 heterocycles. The molecular weight excluding hydrogens is 204 g/mol. The predicted molar refractivity (Wildman–Crippen MR) is 63.3 cm³/mol. The summed E-state index contributed by atoms with van der Waals surface area (Å²) < 4.78 is 7.32. The molecule has 2 unspecified atom stereocenters. The lowest BCUT2D eigenvalue weighted by atomic mass is 9.90. The number of hydrogen-bond acceptors (Lipinski definition) is 4. The summed E-state index contributed by atoms with van der Waals surface area (Å²) in [6.45, 7) is 4.25. The van der Waals surface area contributed by atoms with Gasteiger partial charge in [0.05, 0.1) is 11.3 Å². The number of aromatic nitrogens is 3. The summed E-state index contributed by atoms with van der Waals surface area (Å²) in [4.78, 5) is 0. The highest BCUT2D eigenvalue weighted by atomic mass is 16.5. The quantitative estimate of drug-likeness (QED) is 0.778. The molecule has 16 heavy (non-hydrogen) atoms. The minimum absolute atomic E-state index is 0.174. The number of aryl methyl sites for hydroxylation is 1. The topological polar surface area (TPSA) is 52.0 Å². The largest absolute Gasteiger partial charge is 0.377 e. The van der Waals surface area contributed by atoms with Crippen molar-refractivity contribution in [3.63, 3.8) is 0 Å². The van der Waals surface area contributed by atoms with E-state index >= 15 is 0 Å². The highest BCUT2D eigenvalue weighted by Gasteiger charge is 2.32. The maximum Gasteiger partial charge on any atom is 0.0843 e. The number of nitrogens with zero attached hydrogens (tertiary/aromatic N) is 3. The van der Waals surface area contributed by atoms with Crippen molar-refractivity contribution < 1.29 is 4.74 Å². The van der Waals surface area contributed by atoms with Crippen molar-refractivity contribution in [2.24, 2.45) is 7.05 Å². The van der Waals surface area contributed by atoms with E-state index in [2.05, 4.69) is 29.5 Å². The van der Waals surface area contributed by atoms with Crippen LogP contribution >= 0.6 is 0 Å². The molecule has 0 aliphatic heterocycles. The van der Waals surface area contributed by atoms with E-state index in [0.717, 1.165) is 18.5 Å².